The van der Waals surface area contributed by atoms with E-state index in [1.165, 1.54) is 4.73 Å². The molecule has 0 aliphatic heterocycles. The molecule has 7 heteroatoms. The minimum absolute atomic E-state index is 0.0237. The predicted molar refractivity (Wildman–Crippen MR) is 75.7 cm³/mol. The van der Waals surface area contributed by atoms with Crippen LogP contribution < -0.4 is 10.2 Å². The van der Waals surface area contributed by atoms with E-state index in [-0.39, 0.29) is 13.0 Å². The fraction of sp³-hybridized carbons (Fsp3) is 0.462. The van der Waals surface area contributed by atoms with Crippen molar-refractivity contribution in [3.8, 4) is 0 Å². The topological polar surface area (TPSA) is 69.6 Å². The lowest BCUT2D eigenvalue weighted by Crippen LogP contribution is -2.34. The quantitative estimate of drug-likeness (QED) is 0.862. The summed E-state index contributed by atoms with van der Waals surface area (Å²) in [5.41, 5.74) is -0.568. The van der Waals surface area contributed by atoms with Crippen molar-refractivity contribution in [3.05, 3.63) is 29.0 Å². The summed E-state index contributed by atoms with van der Waals surface area (Å²) in [7, 11) is 0. The third-order valence-corrected chi connectivity index (χ3v) is 2.30. The highest BCUT2D eigenvalue weighted by Crippen LogP contribution is 2.06. The molecule has 1 N–H and O–H groups in total. The number of nitrogens with one attached hydrogen (secondary N) is 1. The van der Waals surface area contributed by atoms with Crippen molar-refractivity contribution in [2.24, 2.45) is 0 Å². The van der Waals surface area contributed by atoms with Gasteiger partial charge < -0.3 is 14.9 Å². The zero-order chi connectivity index (χ0) is 15.2. The van der Waals surface area contributed by atoms with E-state index >= 15 is 0 Å². The molecule has 0 radical (unpaired) electrons. The zero-order valence-corrected chi connectivity index (χ0v) is 12.5. The predicted octanol–water partition coefficient (Wildman–Crippen LogP) is 2.09. The third kappa shape index (κ3) is 6.33. The smallest absolute Gasteiger partial charge is 0.407 e. The Morgan fingerprint density at radius 2 is 2.05 bits per heavy atom. The molecule has 0 aliphatic rings. The van der Waals surface area contributed by atoms with Gasteiger partial charge in [0, 0.05) is 12.7 Å². The lowest BCUT2D eigenvalue weighted by atomic mass is 10.2. The molecule has 0 fully saturated rings. The molecule has 0 aliphatic carbocycles. The van der Waals surface area contributed by atoms with Gasteiger partial charge in [0.05, 0.1) is 6.42 Å². The number of pyridine rings is 1. The minimum atomic E-state index is -0.568. The summed E-state index contributed by atoms with van der Waals surface area (Å²) in [6, 6.07) is 5.08. The number of hydrogen-bond donors (Lipinski definition) is 1. The van der Waals surface area contributed by atoms with Crippen LogP contribution in [0.1, 0.15) is 27.2 Å². The van der Waals surface area contributed by atoms with Gasteiger partial charge in [-0.1, -0.05) is 18.3 Å². The van der Waals surface area contributed by atoms with Crippen LogP contribution in [0.4, 0.5) is 4.79 Å². The maximum atomic E-state index is 11.5. The second kappa shape index (κ2) is 7.04. The Labute approximate surface area is 122 Å². The number of aromatic nitrogens is 1. The van der Waals surface area contributed by atoms with Gasteiger partial charge in [0.25, 0.3) is 0 Å². The van der Waals surface area contributed by atoms with Gasteiger partial charge in [-0.25, -0.2) is 9.59 Å². The van der Waals surface area contributed by atoms with Crippen LogP contribution in [0.2, 0.25) is 0 Å². The molecule has 1 rings (SSSR count). The highest BCUT2D eigenvalue weighted by atomic mass is 32.1. The Balaban J connectivity index is 2.33. The van der Waals surface area contributed by atoms with Crippen LogP contribution in [-0.4, -0.2) is 28.9 Å². The lowest BCUT2D eigenvalue weighted by molar-refractivity contribution is -0.144. The number of carbonyl (C=O) groups is 2. The maximum Gasteiger partial charge on any atom is 0.407 e. The van der Waals surface area contributed by atoms with Gasteiger partial charge in [-0.05, 0) is 32.9 Å². The summed E-state index contributed by atoms with van der Waals surface area (Å²) in [6.45, 7) is 5.42. The van der Waals surface area contributed by atoms with Crippen LogP contribution in [0.3, 0.4) is 0 Å². The molecule has 20 heavy (non-hydrogen) atoms. The van der Waals surface area contributed by atoms with Crippen molar-refractivity contribution in [1.82, 2.24) is 10.0 Å². The molecular formula is C13H18N2O4S. The first-order valence-electron chi connectivity index (χ1n) is 6.13. The van der Waals surface area contributed by atoms with Crippen molar-refractivity contribution >= 4 is 24.3 Å². The number of hydrogen-bond acceptors (Lipinski definition) is 5. The van der Waals surface area contributed by atoms with E-state index in [2.05, 4.69) is 5.32 Å². The number of amides is 1. The van der Waals surface area contributed by atoms with Crippen molar-refractivity contribution in [2.45, 2.75) is 32.8 Å². The molecule has 0 saturated carbocycles. The van der Waals surface area contributed by atoms with Gasteiger partial charge in [0.1, 0.15) is 10.2 Å². The molecule has 6 nitrogen and oxygen atoms in total. The first-order valence-corrected chi connectivity index (χ1v) is 6.54. The second-order valence-corrected chi connectivity index (χ2v) is 5.42. The van der Waals surface area contributed by atoms with Gasteiger partial charge >= 0.3 is 12.1 Å². The molecule has 1 heterocycles. The number of alkyl carbamates (subject to hydrolysis) is 1. The van der Waals surface area contributed by atoms with Crippen LogP contribution in [0, 0.1) is 4.64 Å². The summed E-state index contributed by atoms with van der Waals surface area (Å²) < 4.78 is 6.62. The van der Waals surface area contributed by atoms with E-state index in [1.807, 2.05) is 0 Å². The normalized spacial score (nSPS) is 10.8. The summed E-state index contributed by atoms with van der Waals surface area (Å²) in [5, 5.41) is 2.47. The summed E-state index contributed by atoms with van der Waals surface area (Å²) in [4.78, 5) is 27.9. The molecular weight excluding hydrogens is 280 g/mol. The van der Waals surface area contributed by atoms with E-state index in [9.17, 15) is 9.59 Å². The van der Waals surface area contributed by atoms with Crippen molar-refractivity contribution in [3.63, 3.8) is 0 Å². The molecule has 0 aromatic carbocycles. The summed E-state index contributed by atoms with van der Waals surface area (Å²) >= 11 is 4.98. The molecule has 1 aromatic heterocycles. The van der Waals surface area contributed by atoms with Crippen LogP contribution in [0.25, 0.3) is 0 Å². The van der Waals surface area contributed by atoms with Gasteiger partial charge in [-0.2, -0.15) is 4.73 Å². The van der Waals surface area contributed by atoms with E-state index in [1.54, 1.807) is 45.2 Å². The van der Waals surface area contributed by atoms with E-state index in [0.717, 1.165) is 0 Å². The molecule has 1 aromatic rings. The van der Waals surface area contributed by atoms with Crippen LogP contribution in [0.15, 0.2) is 24.4 Å². The van der Waals surface area contributed by atoms with E-state index in [4.69, 9.17) is 21.8 Å². The van der Waals surface area contributed by atoms with Crippen molar-refractivity contribution < 1.29 is 19.2 Å². The van der Waals surface area contributed by atoms with Gasteiger partial charge in [-0.3, -0.25) is 0 Å². The molecule has 0 unspecified atom stereocenters. The average Bonchev–Trinajstić information content (AvgIpc) is 2.29. The third-order valence-electron chi connectivity index (χ3n) is 1.99. The fourth-order valence-corrected chi connectivity index (χ4v) is 1.40. The lowest BCUT2D eigenvalue weighted by Gasteiger charge is -2.19. The van der Waals surface area contributed by atoms with Crippen LogP contribution in [0.5, 0.6) is 0 Å². The van der Waals surface area contributed by atoms with E-state index in [0.29, 0.717) is 4.64 Å². The Hall–Kier alpha value is -1.89. The molecule has 1 amide bonds. The van der Waals surface area contributed by atoms with Crippen LogP contribution in [-0.2, 0) is 9.53 Å². The molecule has 0 bridgehead atoms. The molecule has 0 saturated heterocycles. The zero-order valence-electron chi connectivity index (χ0n) is 11.7. The molecule has 110 valence electrons. The maximum absolute atomic E-state index is 11.5. The Kier molecular flexibility index (Phi) is 5.69. The number of rotatable bonds is 4. The highest BCUT2D eigenvalue weighted by Gasteiger charge is 2.16. The fourth-order valence-electron chi connectivity index (χ4n) is 1.22. The SMILES string of the molecule is CC(C)(C)OC(=O)NCCC(=O)On1ccccc1=S. The standard InChI is InChI=1S/C13H18N2O4S/c1-13(2,3)18-12(17)14-8-7-11(16)19-15-9-5-4-6-10(15)20/h4-6,9H,7-8H2,1-3H3,(H,14,17). The second-order valence-electron chi connectivity index (χ2n) is 5.01. The monoisotopic (exact) mass is 298 g/mol. The molecule has 0 atom stereocenters. The summed E-state index contributed by atoms with van der Waals surface area (Å²) in [5.74, 6) is -0.497. The Morgan fingerprint density at radius 3 is 2.65 bits per heavy atom. The number of carbonyl (C=O) groups excluding carboxylic acids is 2. The number of ether oxygens (including phenoxy) is 1. The first-order chi connectivity index (χ1) is 9.28. The van der Waals surface area contributed by atoms with E-state index < -0.39 is 17.7 Å². The van der Waals surface area contributed by atoms with Gasteiger partial charge in [-0.15, -0.1) is 0 Å². The first kappa shape index (κ1) is 16.2. The van der Waals surface area contributed by atoms with Gasteiger partial charge in [0.15, 0.2) is 0 Å². The van der Waals surface area contributed by atoms with Gasteiger partial charge in [0.2, 0.25) is 0 Å². The largest absolute Gasteiger partial charge is 0.444 e. The van der Waals surface area contributed by atoms with Crippen molar-refractivity contribution in [1.29, 1.82) is 0 Å². The highest BCUT2D eigenvalue weighted by molar-refractivity contribution is 7.71. The Bertz CT molecular complexity index is 534. The number of nitrogens with zero attached hydrogens (tertiary/aromatic N) is 1. The summed E-state index contributed by atoms with van der Waals surface area (Å²) in [6.07, 6.45) is 0.999. The molecule has 0 spiro atoms. The Morgan fingerprint density at radius 1 is 1.35 bits per heavy atom. The van der Waals surface area contributed by atoms with Crippen molar-refractivity contribution in [2.75, 3.05) is 6.54 Å². The van der Waals surface area contributed by atoms with Crippen LogP contribution >= 0.6 is 12.2 Å². The average molecular weight is 298 g/mol. The minimum Gasteiger partial charge on any atom is -0.444 e.